The number of nitrogens with two attached hydrogens (primary N) is 1. The van der Waals surface area contributed by atoms with E-state index in [9.17, 15) is 33.6 Å². The van der Waals surface area contributed by atoms with Gasteiger partial charge >= 0.3 is 5.97 Å². The van der Waals surface area contributed by atoms with Gasteiger partial charge in [0, 0.05) is 59.6 Å². The first-order valence-electron chi connectivity index (χ1n) is 13.3. The topological polar surface area (TPSA) is 208 Å². The number of fused-ring (bicyclic) bond motifs is 2. The highest BCUT2D eigenvalue weighted by Crippen LogP contribution is 2.33. The molecule has 0 saturated carbocycles. The molecule has 0 spiro atoms. The maximum Gasteiger partial charge on any atom is 0.322 e. The maximum atomic E-state index is 12.5. The zero-order valence-electron chi connectivity index (χ0n) is 22.3. The van der Waals surface area contributed by atoms with Crippen molar-refractivity contribution < 1.29 is 38.7 Å². The number of carboxylic acid groups (broad SMARTS) is 1. The average molecular weight is 577 g/mol. The van der Waals surface area contributed by atoms with Crippen LogP contribution in [-0.4, -0.2) is 74.9 Å². The third-order valence-corrected chi connectivity index (χ3v) is 7.63. The second-order valence-electron chi connectivity index (χ2n) is 10.3. The van der Waals surface area contributed by atoms with E-state index in [-0.39, 0.29) is 49.6 Å². The van der Waals surface area contributed by atoms with Gasteiger partial charge in [0.15, 0.2) is 0 Å². The molecule has 2 aromatic carbocycles. The number of benzene rings is 2. The standard InChI is InChI=1S/C15H15N3O5.C13H13N3O3/c19-12-5-4-11(14(22)17-12)18-7-9-8(15(18)23)2-1-3-10(9)16-6-13(20)21;14-9-3-1-2-7-8(9)6-16(13(7)19)10-4-5-11(17)15-12(10)18/h1-3,11,16H,4-7H2,(H,20,21)(H,17,19,22);1-3,10H,4-6,14H2,(H,15,17,18). The van der Waals surface area contributed by atoms with Crippen molar-refractivity contribution in [2.45, 2.75) is 50.9 Å². The number of hydrogen-bond acceptors (Lipinski definition) is 9. The molecule has 0 aromatic heterocycles. The van der Waals surface area contributed by atoms with Crippen molar-refractivity contribution in [3.63, 3.8) is 0 Å². The van der Waals surface area contributed by atoms with Crippen molar-refractivity contribution in [2.24, 2.45) is 0 Å². The van der Waals surface area contributed by atoms with Crippen molar-refractivity contribution in [3.05, 3.63) is 58.7 Å². The van der Waals surface area contributed by atoms with Crippen molar-refractivity contribution in [1.29, 1.82) is 0 Å². The SMILES string of the molecule is Nc1cccc2c1CN(C1CCC(=O)NC1=O)C2=O.O=C(O)CNc1cccc2c1CN(C1CCC(=O)NC1=O)C2=O. The molecule has 2 atom stereocenters. The average Bonchev–Trinajstić information content (AvgIpc) is 3.46. The number of rotatable bonds is 5. The van der Waals surface area contributed by atoms with E-state index in [4.69, 9.17) is 10.8 Å². The summed E-state index contributed by atoms with van der Waals surface area (Å²) in [6.07, 6.45) is 1.11. The van der Waals surface area contributed by atoms with E-state index < -0.39 is 29.9 Å². The molecule has 0 bridgehead atoms. The Kier molecular flexibility index (Phi) is 7.61. The lowest BCUT2D eigenvalue weighted by Gasteiger charge is -2.29. The van der Waals surface area contributed by atoms with Crippen molar-refractivity contribution in [2.75, 3.05) is 17.6 Å². The molecule has 4 heterocycles. The Labute approximate surface area is 239 Å². The summed E-state index contributed by atoms with van der Waals surface area (Å²) in [6.45, 7) is 0.277. The van der Waals surface area contributed by atoms with Crippen molar-refractivity contribution >= 4 is 52.8 Å². The summed E-state index contributed by atoms with van der Waals surface area (Å²) < 4.78 is 0. The number of aliphatic carboxylic acids is 1. The van der Waals surface area contributed by atoms with Gasteiger partial charge in [-0.3, -0.25) is 44.2 Å². The number of imide groups is 2. The fourth-order valence-corrected chi connectivity index (χ4v) is 5.53. The zero-order chi connectivity index (χ0) is 30.1. The maximum absolute atomic E-state index is 12.5. The molecule has 2 fully saturated rings. The molecule has 6 amide bonds. The van der Waals surface area contributed by atoms with Crippen LogP contribution in [0.5, 0.6) is 0 Å². The normalized spacial score (nSPS) is 21.2. The molecular weight excluding hydrogens is 548 g/mol. The van der Waals surface area contributed by atoms with Gasteiger partial charge in [-0.2, -0.15) is 0 Å². The summed E-state index contributed by atoms with van der Waals surface area (Å²) in [5.74, 6) is -2.98. The van der Waals surface area contributed by atoms with Crippen LogP contribution in [0.2, 0.25) is 0 Å². The Bertz CT molecular complexity index is 1540. The highest BCUT2D eigenvalue weighted by Gasteiger charge is 2.41. The Morgan fingerprint density at radius 1 is 0.810 bits per heavy atom. The van der Waals surface area contributed by atoms with Gasteiger partial charge in [0.1, 0.15) is 18.6 Å². The number of carboxylic acids is 1. The minimum Gasteiger partial charge on any atom is -0.480 e. The van der Waals surface area contributed by atoms with Gasteiger partial charge in [-0.25, -0.2) is 0 Å². The minimum atomic E-state index is -1.01. The zero-order valence-corrected chi connectivity index (χ0v) is 22.3. The van der Waals surface area contributed by atoms with E-state index in [1.54, 1.807) is 36.4 Å². The van der Waals surface area contributed by atoms with Crippen molar-refractivity contribution in [3.8, 4) is 0 Å². The Hall–Kier alpha value is -5.27. The quantitative estimate of drug-likeness (QED) is 0.237. The van der Waals surface area contributed by atoms with Gasteiger partial charge in [-0.05, 0) is 37.1 Å². The number of piperidine rings is 2. The lowest BCUT2D eigenvalue weighted by atomic mass is 10.0. The number of amides is 6. The van der Waals surface area contributed by atoms with Crippen LogP contribution in [0.4, 0.5) is 11.4 Å². The predicted octanol–water partition coefficient (Wildman–Crippen LogP) is -0.0261. The van der Waals surface area contributed by atoms with Crippen LogP contribution in [0.25, 0.3) is 0 Å². The number of hydrogen-bond donors (Lipinski definition) is 5. The first-order valence-corrected chi connectivity index (χ1v) is 13.3. The molecule has 4 aliphatic rings. The third kappa shape index (κ3) is 5.38. The molecule has 2 unspecified atom stereocenters. The van der Waals surface area contributed by atoms with Gasteiger partial charge in [-0.1, -0.05) is 12.1 Å². The molecule has 218 valence electrons. The molecule has 42 heavy (non-hydrogen) atoms. The van der Waals surface area contributed by atoms with E-state index in [1.165, 1.54) is 9.80 Å². The number of nitrogen functional groups attached to an aromatic ring is 1. The van der Waals surface area contributed by atoms with E-state index in [2.05, 4.69) is 16.0 Å². The van der Waals surface area contributed by atoms with E-state index >= 15 is 0 Å². The van der Waals surface area contributed by atoms with Gasteiger partial charge in [0.25, 0.3) is 11.8 Å². The molecule has 6 rings (SSSR count). The van der Waals surface area contributed by atoms with Gasteiger partial charge in [-0.15, -0.1) is 0 Å². The van der Waals surface area contributed by atoms with Crippen LogP contribution in [0, 0.1) is 0 Å². The van der Waals surface area contributed by atoms with Crippen LogP contribution >= 0.6 is 0 Å². The molecule has 2 saturated heterocycles. The van der Waals surface area contributed by atoms with Gasteiger partial charge in [0.2, 0.25) is 23.6 Å². The number of nitrogens with zero attached hydrogens (tertiary/aromatic N) is 2. The fourth-order valence-electron chi connectivity index (χ4n) is 5.53. The van der Waals surface area contributed by atoms with Crippen LogP contribution in [0.15, 0.2) is 36.4 Å². The molecule has 0 radical (unpaired) electrons. The predicted molar refractivity (Wildman–Crippen MR) is 146 cm³/mol. The highest BCUT2D eigenvalue weighted by molar-refractivity contribution is 6.07. The van der Waals surface area contributed by atoms with Crippen LogP contribution in [-0.2, 0) is 37.1 Å². The molecule has 2 aromatic rings. The van der Waals surface area contributed by atoms with E-state index in [1.807, 2.05) is 0 Å². The van der Waals surface area contributed by atoms with Crippen LogP contribution < -0.4 is 21.7 Å². The summed E-state index contributed by atoms with van der Waals surface area (Å²) in [5, 5.41) is 16.0. The minimum absolute atomic E-state index is 0.195. The molecule has 14 heteroatoms. The molecular formula is C28H28N6O8. The molecule has 4 aliphatic heterocycles. The molecule has 14 nitrogen and oxygen atoms in total. The first kappa shape index (κ1) is 28.3. The second-order valence-corrected chi connectivity index (χ2v) is 10.3. The number of carbonyl (C=O) groups excluding carboxylic acids is 6. The van der Waals surface area contributed by atoms with Gasteiger partial charge < -0.3 is 26.0 Å². The highest BCUT2D eigenvalue weighted by atomic mass is 16.4. The van der Waals surface area contributed by atoms with Crippen molar-refractivity contribution in [1.82, 2.24) is 20.4 Å². The number of carbonyl (C=O) groups is 7. The fraction of sp³-hybridized carbons (Fsp3) is 0.321. The van der Waals surface area contributed by atoms with E-state index in [0.717, 1.165) is 5.56 Å². The molecule has 6 N–H and O–H groups in total. The summed E-state index contributed by atoms with van der Waals surface area (Å²) in [7, 11) is 0. The summed E-state index contributed by atoms with van der Waals surface area (Å²) in [5.41, 5.74) is 9.39. The number of nitrogens with one attached hydrogen (secondary N) is 3. The Balaban J connectivity index is 0.000000171. The Morgan fingerprint density at radius 2 is 1.31 bits per heavy atom. The monoisotopic (exact) mass is 576 g/mol. The summed E-state index contributed by atoms with van der Waals surface area (Å²) >= 11 is 0. The molecule has 0 aliphatic carbocycles. The first-order chi connectivity index (χ1) is 20.0. The smallest absolute Gasteiger partial charge is 0.322 e. The number of anilines is 2. The third-order valence-electron chi connectivity index (χ3n) is 7.63. The summed E-state index contributed by atoms with van der Waals surface area (Å²) in [6, 6.07) is 8.91. The second kappa shape index (κ2) is 11.3. The van der Waals surface area contributed by atoms with Crippen LogP contribution in [0.3, 0.4) is 0 Å². The lowest BCUT2D eigenvalue weighted by Crippen LogP contribution is -2.52. The lowest BCUT2D eigenvalue weighted by molar-refractivity contribution is -0.138. The van der Waals surface area contributed by atoms with Crippen LogP contribution in [0.1, 0.15) is 57.5 Å². The van der Waals surface area contributed by atoms with Gasteiger partial charge in [0.05, 0.1) is 0 Å². The summed E-state index contributed by atoms with van der Waals surface area (Å²) in [4.78, 5) is 84.6. The van der Waals surface area contributed by atoms with E-state index in [0.29, 0.717) is 47.5 Å². The Morgan fingerprint density at radius 3 is 1.81 bits per heavy atom. The largest absolute Gasteiger partial charge is 0.480 e.